The van der Waals surface area contributed by atoms with Crippen LogP contribution in [0.5, 0.6) is 0 Å². The zero-order valence-corrected chi connectivity index (χ0v) is 19.0. The number of halogens is 1. The van der Waals surface area contributed by atoms with Crippen LogP contribution >= 0.6 is 22.9 Å². The van der Waals surface area contributed by atoms with Crippen molar-refractivity contribution < 1.29 is 9.59 Å². The molecule has 1 aromatic heterocycles. The third-order valence-corrected chi connectivity index (χ3v) is 6.14. The van der Waals surface area contributed by atoms with Crippen LogP contribution in [-0.4, -0.2) is 47.2 Å². The molecule has 0 aliphatic heterocycles. The minimum atomic E-state index is -0.0470. The number of nitrogens with zero attached hydrogens (tertiary/aromatic N) is 3. The Bertz CT molecular complexity index is 1060. The van der Waals surface area contributed by atoms with Gasteiger partial charge in [-0.15, -0.1) is 11.3 Å². The number of carbonyl (C=O) groups is 2. The number of aromatic nitrogens is 1. The van der Waals surface area contributed by atoms with Crippen molar-refractivity contribution in [3.63, 3.8) is 0 Å². The van der Waals surface area contributed by atoms with Gasteiger partial charge in [-0.25, -0.2) is 4.98 Å². The number of benzene rings is 2. The van der Waals surface area contributed by atoms with Crippen LogP contribution in [0.25, 0.3) is 10.6 Å². The molecular weight excluding hydrogens is 418 g/mol. The normalized spacial score (nSPS) is 10.7. The molecule has 30 heavy (non-hydrogen) atoms. The van der Waals surface area contributed by atoms with E-state index in [-0.39, 0.29) is 11.8 Å². The maximum absolute atomic E-state index is 13.2. The van der Waals surface area contributed by atoms with E-state index in [4.69, 9.17) is 11.6 Å². The summed E-state index contributed by atoms with van der Waals surface area (Å²) in [4.78, 5) is 33.8. The molecule has 0 saturated heterocycles. The van der Waals surface area contributed by atoms with Crippen LogP contribution in [0.1, 0.15) is 38.2 Å². The summed E-state index contributed by atoms with van der Waals surface area (Å²) in [6.45, 7) is 4.85. The number of carbonyl (C=O) groups excluding carboxylic acids is 2. The second kappa shape index (κ2) is 9.41. The van der Waals surface area contributed by atoms with Crippen molar-refractivity contribution in [3.8, 4) is 10.6 Å². The highest BCUT2D eigenvalue weighted by molar-refractivity contribution is 7.17. The highest BCUT2D eigenvalue weighted by Gasteiger charge is 2.21. The van der Waals surface area contributed by atoms with E-state index >= 15 is 0 Å². The standard InChI is InChI=1S/C23H24ClN3O2S/c1-5-27(14-16-9-11-17(12-10-16)22(28)26(3)4)23(29)20-15(2)25-21(30-20)18-7-6-8-19(24)13-18/h6-13H,5,14H2,1-4H3. The third-order valence-electron chi connectivity index (χ3n) is 4.71. The van der Waals surface area contributed by atoms with E-state index in [1.54, 1.807) is 36.0 Å². The first-order valence-corrected chi connectivity index (χ1v) is 10.8. The van der Waals surface area contributed by atoms with Gasteiger partial charge in [0.15, 0.2) is 0 Å². The Balaban J connectivity index is 1.79. The van der Waals surface area contributed by atoms with Gasteiger partial charge in [-0.2, -0.15) is 0 Å². The van der Waals surface area contributed by atoms with Gasteiger partial charge in [0.2, 0.25) is 0 Å². The van der Waals surface area contributed by atoms with E-state index in [0.717, 1.165) is 16.1 Å². The fourth-order valence-electron chi connectivity index (χ4n) is 3.04. The Morgan fingerprint density at radius 1 is 1.07 bits per heavy atom. The minimum Gasteiger partial charge on any atom is -0.345 e. The fourth-order valence-corrected chi connectivity index (χ4v) is 4.26. The van der Waals surface area contributed by atoms with E-state index in [0.29, 0.717) is 34.2 Å². The Morgan fingerprint density at radius 3 is 2.37 bits per heavy atom. The third kappa shape index (κ3) is 4.89. The molecule has 0 aliphatic carbocycles. The topological polar surface area (TPSA) is 53.5 Å². The molecule has 3 aromatic rings. The second-order valence-electron chi connectivity index (χ2n) is 7.16. The first kappa shape index (κ1) is 22.0. The van der Waals surface area contributed by atoms with Crippen molar-refractivity contribution in [1.82, 2.24) is 14.8 Å². The molecule has 0 radical (unpaired) electrons. The summed E-state index contributed by atoms with van der Waals surface area (Å²) in [6.07, 6.45) is 0. The number of thiazole rings is 1. The maximum atomic E-state index is 13.2. The van der Waals surface area contributed by atoms with Crippen LogP contribution in [0.3, 0.4) is 0 Å². The molecule has 0 spiro atoms. The SMILES string of the molecule is CCN(Cc1ccc(C(=O)N(C)C)cc1)C(=O)c1sc(-c2cccc(Cl)c2)nc1C. The Labute approximate surface area is 185 Å². The van der Waals surface area contributed by atoms with Crippen molar-refractivity contribution in [2.24, 2.45) is 0 Å². The van der Waals surface area contributed by atoms with E-state index in [9.17, 15) is 9.59 Å². The van der Waals surface area contributed by atoms with Crippen LogP contribution in [0.15, 0.2) is 48.5 Å². The molecule has 0 saturated carbocycles. The summed E-state index contributed by atoms with van der Waals surface area (Å²) < 4.78 is 0. The van der Waals surface area contributed by atoms with E-state index in [1.165, 1.54) is 11.3 Å². The molecule has 1 heterocycles. The molecule has 156 valence electrons. The minimum absolute atomic E-state index is 0.0428. The molecule has 5 nitrogen and oxygen atoms in total. The maximum Gasteiger partial charge on any atom is 0.266 e. The van der Waals surface area contributed by atoms with Crippen molar-refractivity contribution in [3.05, 3.63) is 75.3 Å². The van der Waals surface area contributed by atoms with Crippen LogP contribution in [0.2, 0.25) is 5.02 Å². The van der Waals surface area contributed by atoms with Crippen LogP contribution in [0.4, 0.5) is 0 Å². The number of amides is 2. The van der Waals surface area contributed by atoms with Gasteiger partial charge in [-0.1, -0.05) is 35.9 Å². The summed E-state index contributed by atoms with van der Waals surface area (Å²) in [5.41, 5.74) is 3.21. The number of hydrogen-bond donors (Lipinski definition) is 0. The molecular formula is C23H24ClN3O2S. The number of rotatable bonds is 6. The zero-order valence-electron chi connectivity index (χ0n) is 17.5. The molecule has 0 bridgehead atoms. The predicted octanol–water partition coefficient (Wildman–Crippen LogP) is 5.14. The average molecular weight is 442 g/mol. The van der Waals surface area contributed by atoms with Gasteiger partial charge >= 0.3 is 0 Å². The van der Waals surface area contributed by atoms with Gasteiger partial charge in [-0.05, 0) is 43.7 Å². The van der Waals surface area contributed by atoms with Gasteiger partial charge in [0.25, 0.3) is 11.8 Å². The summed E-state index contributed by atoms with van der Waals surface area (Å²) in [5.74, 6) is -0.0898. The van der Waals surface area contributed by atoms with Crippen LogP contribution in [0, 0.1) is 6.92 Å². The van der Waals surface area contributed by atoms with Crippen molar-refractivity contribution in [2.75, 3.05) is 20.6 Å². The Kier molecular flexibility index (Phi) is 6.90. The highest BCUT2D eigenvalue weighted by Crippen LogP contribution is 2.30. The van der Waals surface area contributed by atoms with Crippen LogP contribution < -0.4 is 0 Å². The van der Waals surface area contributed by atoms with Gasteiger partial charge in [-0.3, -0.25) is 9.59 Å². The summed E-state index contributed by atoms with van der Waals surface area (Å²) in [6, 6.07) is 14.9. The Morgan fingerprint density at radius 2 is 1.77 bits per heavy atom. The average Bonchev–Trinajstić information content (AvgIpc) is 3.13. The molecule has 7 heteroatoms. The van der Waals surface area contributed by atoms with E-state index in [1.807, 2.05) is 50.2 Å². The molecule has 3 rings (SSSR count). The smallest absolute Gasteiger partial charge is 0.266 e. The van der Waals surface area contributed by atoms with Gasteiger partial charge in [0, 0.05) is 43.3 Å². The second-order valence-corrected chi connectivity index (χ2v) is 8.60. The summed E-state index contributed by atoms with van der Waals surface area (Å²) >= 11 is 7.47. The quantitative estimate of drug-likeness (QED) is 0.532. The first-order chi connectivity index (χ1) is 14.3. The Hall–Kier alpha value is -2.70. The van der Waals surface area contributed by atoms with Gasteiger partial charge in [0.1, 0.15) is 9.88 Å². The lowest BCUT2D eigenvalue weighted by atomic mass is 10.1. The van der Waals surface area contributed by atoms with E-state index in [2.05, 4.69) is 4.98 Å². The summed E-state index contributed by atoms with van der Waals surface area (Å²) in [7, 11) is 3.45. The monoisotopic (exact) mass is 441 g/mol. The van der Waals surface area contributed by atoms with E-state index < -0.39 is 0 Å². The summed E-state index contributed by atoms with van der Waals surface area (Å²) in [5, 5.41) is 1.42. The lowest BCUT2D eigenvalue weighted by Gasteiger charge is -2.21. The number of aryl methyl sites for hydroxylation is 1. The lowest BCUT2D eigenvalue weighted by Crippen LogP contribution is -2.30. The van der Waals surface area contributed by atoms with Crippen molar-refractivity contribution in [2.45, 2.75) is 20.4 Å². The largest absolute Gasteiger partial charge is 0.345 e. The molecule has 0 fully saturated rings. The molecule has 0 atom stereocenters. The lowest BCUT2D eigenvalue weighted by molar-refractivity contribution is 0.0755. The molecule has 0 N–H and O–H groups in total. The molecule has 0 unspecified atom stereocenters. The zero-order chi connectivity index (χ0) is 21.8. The van der Waals surface area contributed by atoms with Crippen LogP contribution in [-0.2, 0) is 6.54 Å². The van der Waals surface area contributed by atoms with Crippen molar-refractivity contribution in [1.29, 1.82) is 0 Å². The van der Waals surface area contributed by atoms with Gasteiger partial charge < -0.3 is 9.80 Å². The molecule has 0 aliphatic rings. The van der Waals surface area contributed by atoms with Crippen molar-refractivity contribution >= 4 is 34.8 Å². The highest BCUT2D eigenvalue weighted by atomic mass is 35.5. The first-order valence-electron chi connectivity index (χ1n) is 9.63. The molecule has 2 aromatic carbocycles. The van der Waals surface area contributed by atoms with Gasteiger partial charge in [0.05, 0.1) is 5.69 Å². The molecule has 2 amide bonds. The predicted molar refractivity (Wildman–Crippen MR) is 122 cm³/mol. The number of hydrogen-bond acceptors (Lipinski definition) is 4. The fraction of sp³-hybridized carbons (Fsp3) is 0.261.